The van der Waals surface area contributed by atoms with Crippen LogP contribution in [-0.2, 0) is 32.4 Å². The molecule has 3 rings (SSSR count). The van der Waals surface area contributed by atoms with Gasteiger partial charge in [0.05, 0.1) is 11.8 Å². The van der Waals surface area contributed by atoms with Gasteiger partial charge in [0.25, 0.3) is 5.91 Å². The zero-order valence-corrected chi connectivity index (χ0v) is 18.1. The number of carbonyl (C=O) groups is 2. The van der Waals surface area contributed by atoms with Gasteiger partial charge in [-0.25, -0.2) is 17.9 Å². The lowest BCUT2D eigenvalue weighted by Gasteiger charge is -2.26. The summed E-state index contributed by atoms with van der Waals surface area (Å²) in [4.78, 5) is 27.1. The number of hydrogen-bond donors (Lipinski definition) is 1. The molecule has 2 atom stereocenters. The number of hydrogen-bond acceptors (Lipinski definition) is 5. The molecule has 1 N–H and O–H groups in total. The third kappa shape index (κ3) is 5.25. The Labute approximate surface area is 177 Å². The third-order valence-electron chi connectivity index (χ3n) is 5.04. The fourth-order valence-corrected chi connectivity index (χ4v) is 4.04. The van der Waals surface area contributed by atoms with Gasteiger partial charge in [-0.1, -0.05) is 30.3 Å². The molecule has 2 aromatic rings. The number of amides is 1. The van der Waals surface area contributed by atoms with Crippen molar-refractivity contribution in [2.45, 2.75) is 38.8 Å². The molecule has 160 valence electrons. The van der Waals surface area contributed by atoms with E-state index in [0.717, 1.165) is 29.5 Å². The van der Waals surface area contributed by atoms with E-state index >= 15 is 0 Å². The van der Waals surface area contributed by atoms with E-state index in [2.05, 4.69) is 4.72 Å². The molecule has 8 heteroatoms. The lowest BCUT2D eigenvalue weighted by Crippen LogP contribution is -2.43. The van der Waals surface area contributed by atoms with Crippen LogP contribution >= 0.6 is 0 Å². The van der Waals surface area contributed by atoms with Gasteiger partial charge in [-0.05, 0) is 56.0 Å². The second-order valence-corrected chi connectivity index (χ2v) is 9.38. The van der Waals surface area contributed by atoms with Crippen LogP contribution < -0.4 is 9.62 Å². The average Bonchev–Trinajstić information content (AvgIpc) is 3.02. The predicted molar refractivity (Wildman–Crippen MR) is 115 cm³/mol. The van der Waals surface area contributed by atoms with Crippen molar-refractivity contribution < 1.29 is 22.7 Å². The molecular weight excluding hydrogens is 404 g/mol. The van der Waals surface area contributed by atoms with Crippen LogP contribution in [0, 0.1) is 0 Å². The fraction of sp³-hybridized carbons (Fsp3) is 0.364. The first-order chi connectivity index (χ1) is 14.2. The Balaban J connectivity index is 1.59. The van der Waals surface area contributed by atoms with Crippen LogP contribution in [0.25, 0.3) is 0 Å². The summed E-state index contributed by atoms with van der Waals surface area (Å²) >= 11 is 0. The van der Waals surface area contributed by atoms with Crippen LogP contribution in [0.4, 0.5) is 5.69 Å². The lowest BCUT2D eigenvalue weighted by molar-refractivity contribution is -0.126. The summed E-state index contributed by atoms with van der Waals surface area (Å²) in [5.74, 6) is -0.818. The Morgan fingerprint density at radius 2 is 1.83 bits per heavy atom. The molecule has 0 aliphatic carbocycles. The molecule has 2 aromatic carbocycles. The number of ether oxygens (including phenoxy) is 1. The summed E-state index contributed by atoms with van der Waals surface area (Å²) in [5.41, 5.74) is 3.20. The monoisotopic (exact) mass is 430 g/mol. The summed E-state index contributed by atoms with van der Waals surface area (Å²) in [6.07, 6.45) is 1.47. The number of nitrogens with zero attached hydrogens (tertiary/aromatic N) is 1. The van der Waals surface area contributed by atoms with E-state index in [-0.39, 0.29) is 18.5 Å². The molecule has 0 fully saturated rings. The van der Waals surface area contributed by atoms with Crippen LogP contribution in [0.15, 0.2) is 48.5 Å². The molecule has 0 spiro atoms. The highest BCUT2D eigenvalue weighted by Crippen LogP contribution is 2.32. The maximum Gasteiger partial charge on any atom is 0.338 e. The van der Waals surface area contributed by atoms with Gasteiger partial charge in [0.2, 0.25) is 10.0 Å². The Bertz CT molecular complexity index is 1030. The summed E-state index contributed by atoms with van der Waals surface area (Å²) in [6, 6.07) is 14.5. The normalized spacial score (nSPS) is 16.8. The van der Waals surface area contributed by atoms with Crippen molar-refractivity contribution in [3.63, 3.8) is 0 Å². The van der Waals surface area contributed by atoms with Gasteiger partial charge in [-0.2, -0.15) is 0 Å². The first-order valence-electron chi connectivity index (χ1n) is 9.81. The number of fused-ring (bicyclic) bond motifs is 1. The van der Waals surface area contributed by atoms with Crippen molar-refractivity contribution in [3.8, 4) is 0 Å². The molecule has 7 nitrogen and oxygen atoms in total. The largest absolute Gasteiger partial charge is 0.449 e. The highest BCUT2D eigenvalue weighted by atomic mass is 32.2. The molecule has 30 heavy (non-hydrogen) atoms. The first kappa shape index (κ1) is 22.0. The predicted octanol–water partition coefficient (Wildman–Crippen LogP) is 2.30. The maximum absolute atomic E-state index is 12.9. The standard InChI is InChI=1S/C22H26N2O5S/c1-15-14-19-6-4-5-7-20(19)24(15)21(25)16(2)29-22(26)18-10-8-17(9-11-18)12-13-23-30(3,27)28/h4-11,15-16,23H,12-14H2,1-3H3. The van der Waals surface area contributed by atoms with Gasteiger partial charge in [-0.3, -0.25) is 4.79 Å². The van der Waals surface area contributed by atoms with Gasteiger partial charge < -0.3 is 9.64 Å². The zero-order valence-electron chi connectivity index (χ0n) is 17.3. The third-order valence-corrected chi connectivity index (χ3v) is 5.77. The Morgan fingerprint density at radius 1 is 1.17 bits per heavy atom. The van der Waals surface area contributed by atoms with Gasteiger partial charge >= 0.3 is 5.97 Å². The molecule has 1 aliphatic rings. The molecule has 1 amide bonds. The van der Waals surface area contributed by atoms with Crippen molar-refractivity contribution >= 4 is 27.6 Å². The number of anilines is 1. The minimum absolute atomic E-state index is 0.0101. The summed E-state index contributed by atoms with van der Waals surface area (Å²) in [5, 5.41) is 0. The second kappa shape index (κ2) is 8.97. The Morgan fingerprint density at radius 3 is 2.50 bits per heavy atom. The van der Waals surface area contributed by atoms with Crippen molar-refractivity contribution in [1.82, 2.24) is 4.72 Å². The topological polar surface area (TPSA) is 92.8 Å². The van der Waals surface area contributed by atoms with E-state index in [1.54, 1.807) is 36.1 Å². The van der Waals surface area contributed by atoms with E-state index in [1.165, 1.54) is 0 Å². The fourth-order valence-electron chi connectivity index (χ4n) is 3.56. The molecular formula is C22H26N2O5S. The van der Waals surface area contributed by atoms with E-state index < -0.39 is 22.1 Å². The number of rotatable bonds is 7. The number of sulfonamides is 1. The Kier molecular flexibility index (Phi) is 6.58. The van der Waals surface area contributed by atoms with Crippen LogP contribution in [-0.4, -0.2) is 45.2 Å². The molecule has 2 unspecified atom stereocenters. The van der Waals surface area contributed by atoms with Gasteiger partial charge in [-0.15, -0.1) is 0 Å². The summed E-state index contributed by atoms with van der Waals surface area (Å²) in [6.45, 7) is 3.84. The van der Waals surface area contributed by atoms with Crippen LogP contribution in [0.5, 0.6) is 0 Å². The van der Waals surface area contributed by atoms with Crippen LogP contribution in [0.3, 0.4) is 0 Å². The van der Waals surface area contributed by atoms with Crippen LogP contribution in [0.1, 0.15) is 35.3 Å². The molecule has 0 saturated heterocycles. The second-order valence-electron chi connectivity index (χ2n) is 7.55. The molecule has 0 aromatic heterocycles. The Hall–Kier alpha value is -2.71. The maximum atomic E-state index is 12.9. The van der Waals surface area contributed by atoms with Crippen molar-refractivity contribution in [1.29, 1.82) is 0 Å². The van der Waals surface area contributed by atoms with Crippen molar-refractivity contribution in [2.75, 3.05) is 17.7 Å². The number of carbonyl (C=O) groups excluding carboxylic acids is 2. The quantitative estimate of drug-likeness (QED) is 0.681. The van der Waals surface area contributed by atoms with E-state index in [4.69, 9.17) is 4.74 Å². The highest BCUT2D eigenvalue weighted by Gasteiger charge is 2.34. The molecule has 1 heterocycles. The minimum Gasteiger partial charge on any atom is -0.449 e. The lowest BCUT2D eigenvalue weighted by atomic mass is 10.1. The molecule has 1 aliphatic heterocycles. The number of para-hydroxylation sites is 1. The zero-order chi connectivity index (χ0) is 21.9. The van der Waals surface area contributed by atoms with E-state index in [0.29, 0.717) is 12.0 Å². The van der Waals surface area contributed by atoms with Crippen molar-refractivity contribution in [3.05, 3.63) is 65.2 Å². The summed E-state index contributed by atoms with van der Waals surface area (Å²) < 4.78 is 30.0. The van der Waals surface area contributed by atoms with Gasteiger partial charge in [0, 0.05) is 18.3 Å². The number of esters is 1. The van der Waals surface area contributed by atoms with Crippen LogP contribution in [0.2, 0.25) is 0 Å². The first-order valence-corrected chi connectivity index (χ1v) is 11.7. The molecule has 0 radical (unpaired) electrons. The SMILES string of the molecule is CC(OC(=O)c1ccc(CCNS(C)(=O)=O)cc1)C(=O)N1c2ccccc2CC1C. The number of benzene rings is 2. The molecule has 0 saturated carbocycles. The minimum atomic E-state index is -3.23. The highest BCUT2D eigenvalue weighted by molar-refractivity contribution is 7.88. The van der Waals surface area contributed by atoms with Gasteiger partial charge in [0.1, 0.15) is 0 Å². The molecule has 0 bridgehead atoms. The smallest absolute Gasteiger partial charge is 0.338 e. The van der Waals surface area contributed by atoms with Crippen molar-refractivity contribution in [2.24, 2.45) is 0 Å². The van der Waals surface area contributed by atoms with Gasteiger partial charge in [0.15, 0.2) is 6.10 Å². The number of nitrogens with one attached hydrogen (secondary N) is 1. The average molecular weight is 431 g/mol. The van der Waals surface area contributed by atoms with E-state index in [1.807, 2.05) is 31.2 Å². The summed E-state index contributed by atoms with van der Waals surface area (Å²) in [7, 11) is -3.23. The van der Waals surface area contributed by atoms with E-state index in [9.17, 15) is 18.0 Å².